The minimum atomic E-state index is -0.477. The van der Waals surface area contributed by atoms with Gasteiger partial charge in [0.2, 0.25) is 5.88 Å². The lowest BCUT2D eigenvalue weighted by atomic mass is 10.1. The van der Waals surface area contributed by atoms with Crippen molar-refractivity contribution in [2.75, 3.05) is 26.1 Å². The third-order valence-corrected chi connectivity index (χ3v) is 2.91. The number of nitrogens with zero attached hydrogens (tertiary/aromatic N) is 1. The van der Waals surface area contributed by atoms with Gasteiger partial charge in [-0.1, -0.05) is 0 Å². The van der Waals surface area contributed by atoms with Crippen LogP contribution in [0.15, 0.2) is 12.3 Å². The molecular formula is C14H22N2O4. The molecule has 0 atom stereocenters. The molecule has 0 bridgehead atoms. The van der Waals surface area contributed by atoms with Gasteiger partial charge in [-0.05, 0) is 20.8 Å². The second kappa shape index (κ2) is 7.09. The Labute approximate surface area is 119 Å². The van der Waals surface area contributed by atoms with Crippen molar-refractivity contribution >= 4 is 11.7 Å². The van der Waals surface area contributed by atoms with E-state index in [0.717, 1.165) is 0 Å². The summed E-state index contributed by atoms with van der Waals surface area (Å²) in [6.45, 7) is 6.39. The molecule has 0 radical (unpaired) electrons. The molecular weight excluding hydrogens is 260 g/mol. The van der Waals surface area contributed by atoms with Crippen LogP contribution in [-0.2, 0) is 9.47 Å². The molecule has 1 aromatic rings. The number of nitrogens with two attached hydrogens (primary N) is 1. The minimum Gasteiger partial charge on any atom is -0.478 e. The molecule has 6 heteroatoms. The van der Waals surface area contributed by atoms with Gasteiger partial charge in [0.1, 0.15) is 0 Å². The van der Waals surface area contributed by atoms with E-state index in [2.05, 4.69) is 4.98 Å². The Balaban J connectivity index is 2.68. The highest BCUT2D eigenvalue weighted by atomic mass is 16.5. The van der Waals surface area contributed by atoms with Crippen molar-refractivity contribution < 1.29 is 19.0 Å². The van der Waals surface area contributed by atoms with Crippen molar-refractivity contribution in [2.24, 2.45) is 0 Å². The summed E-state index contributed by atoms with van der Waals surface area (Å²) in [4.78, 5) is 15.7. The maximum Gasteiger partial charge on any atom is 0.340 e. The lowest BCUT2D eigenvalue weighted by molar-refractivity contribution is 0.00504. The molecule has 6 nitrogen and oxygen atoms in total. The number of carbonyl (C=O) groups excluding carboxylic acids is 1. The Morgan fingerprint density at radius 2 is 2.15 bits per heavy atom. The lowest BCUT2D eigenvalue weighted by Crippen LogP contribution is -2.25. The van der Waals surface area contributed by atoms with E-state index in [9.17, 15) is 4.79 Å². The number of aromatic nitrogens is 1. The highest BCUT2D eigenvalue weighted by Crippen LogP contribution is 2.19. The standard InChI is InChI=1S/C14H22N2O4/c1-5-19-13(17)10-8-12(16-9-11(10)15)20-7-6-14(2,3)18-4/h8-9H,5-7,15H2,1-4H3. The molecule has 0 saturated heterocycles. The fourth-order valence-corrected chi connectivity index (χ4v) is 1.41. The van der Waals surface area contributed by atoms with Gasteiger partial charge < -0.3 is 19.9 Å². The summed E-state index contributed by atoms with van der Waals surface area (Å²) in [5.41, 5.74) is 5.97. The van der Waals surface area contributed by atoms with E-state index in [0.29, 0.717) is 25.5 Å². The highest BCUT2D eigenvalue weighted by molar-refractivity contribution is 5.95. The molecule has 0 aliphatic heterocycles. The molecule has 2 N–H and O–H groups in total. The quantitative estimate of drug-likeness (QED) is 0.770. The van der Waals surface area contributed by atoms with Gasteiger partial charge in [0.15, 0.2) is 0 Å². The topological polar surface area (TPSA) is 83.7 Å². The number of anilines is 1. The summed E-state index contributed by atoms with van der Waals surface area (Å²) >= 11 is 0. The summed E-state index contributed by atoms with van der Waals surface area (Å²) in [6, 6.07) is 1.49. The first kappa shape index (κ1) is 16.2. The summed E-state index contributed by atoms with van der Waals surface area (Å²) in [5, 5.41) is 0. The van der Waals surface area contributed by atoms with Gasteiger partial charge in [0.05, 0.1) is 36.3 Å². The van der Waals surface area contributed by atoms with Crippen molar-refractivity contribution in [2.45, 2.75) is 32.8 Å². The maximum absolute atomic E-state index is 11.7. The van der Waals surface area contributed by atoms with Crippen LogP contribution in [0.4, 0.5) is 5.69 Å². The molecule has 0 aliphatic carbocycles. The van der Waals surface area contributed by atoms with Crippen LogP contribution >= 0.6 is 0 Å². The number of rotatable bonds is 7. The SMILES string of the molecule is CCOC(=O)c1cc(OCCC(C)(C)OC)ncc1N. The largest absolute Gasteiger partial charge is 0.478 e. The fraction of sp³-hybridized carbons (Fsp3) is 0.571. The number of pyridine rings is 1. The highest BCUT2D eigenvalue weighted by Gasteiger charge is 2.17. The monoisotopic (exact) mass is 282 g/mol. The predicted octanol–water partition coefficient (Wildman–Crippen LogP) is 2.03. The van der Waals surface area contributed by atoms with Crippen LogP contribution in [0.3, 0.4) is 0 Å². The molecule has 0 fully saturated rings. The summed E-state index contributed by atoms with van der Waals surface area (Å²) in [7, 11) is 1.65. The van der Waals surface area contributed by atoms with E-state index in [1.807, 2.05) is 13.8 Å². The van der Waals surface area contributed by atoms with Crippen LogP contribution in [0, 0.1) is 0 Å². The third-order valence-electron chi connectivity index (χ3n) is 2.91. The van der Waals surface area contributed by atoms with E-state index in [1.165, 1.54) is 12.3 Å². The van der Waals surface area contributed by atoms with Crippen molar-refractivity contribution in [3.63, 3.8) is 0 Å². The van der Waals surface area contributed by atoms with E-state index in [-0.39, 0.29) is 16.9 Å². The fourth-order valence-electron chi connectivity index (χ4n) is 1.41. The molecule has 1 rings (SSSR count). The van der Waals surface area contributed by atoms with Gasteiger partial charge >= 0.3 is 5.97 Å². The first-order valence-electron chi connectivity index (χ1n) is 6.50. The number of hydrogen-bond donors (Lipinski definition) is 1. The van der Waals surface area contributed by atoms with Crippen molar-refractivity contribution in [3.05, 3.63) is 17.8 Å². The Kier molecular flexibility index (Phi) is 5.76. The molecule has 1 aromatic heterocycles. The number of nitrogen functional groups attached to an aromatic ring is 1. The molecule has 0 saturated carbocycles. The molecule has 0 amide bonds. The van der Waals surface area contributed by atoms with Crippen LogP contribution < -0.4 is 10.5 Å². The summed E-state index contributed by atoms with van der Waals surface area (Å²) in [6.07, 6.45) is 2.09. The molecule has 20 heavy (non-hydrogen) atoms. The second-order valence-corrected chi connectivity index (χ2v) is 4.89. The lowest BCUT2D eigenvalue weighted by Gasteiger charge is -2.22. The van der Waals surface area contributed by atoms with Crippen LogP contribution in [0.2, 0.25) is 0 Å². The number of hydrogen-bond acceptors (Lipinski definition) is 6. The number of ether oxygens (including phenoxy) is 3. The molecule has 0 aromatic carbocycles. The van der Waals surface area contributed by atoms with E-state index in [1.54, 1.807) is 14.0 Å². The van der Waals surface area contributed by atoms with Gasteiger partial charge in [-0.25, -0.2) is 9.78 Å². The number of methoxy groups -OCH3 is 1. The smallest absolute Gasteiger partial charge is 0.340 e. The van der Waals surface area contributed by atoms with Crippen molar-refractivity contribution in [3.8, 4) is 5.88 Å². The normalized spacial score (nSPS) is 11.2. The Hall–Kier alpha value is -1.82. The Bertz CT molecular complexity index is 460. The van der Waals surface area contributed by atoms with Crippen LogP contribution in [0.1, 0.15) is 37.6 Å². The summed E-state index contributed by atoms with van der Waals surface area (Å²) in [5.74, 6) is -0.136. The zero-order valence-electron chi connectivity index (χ0n) is 12.4. The molecule has 112 valence electrons. The molecule has 0 unspecified atom stereocenters. The average Bonchev–Trinajstić information content (AvgIpc) is 2.40. The molecule has 0 spiro atoms. The summed E-state index contributed by atoms with van der Waals surface area (Å²) < 4.78 is 15.7. The molecule has 1 heterocycles. The van der Waals surface area contributed by atoms with Crippen LogP contribution in [0.25, 0.3) is 0 Å². The van der Waals surface area contributed by atoms with E-state index < -0.39 is 5.97 Å². The zero-order chi connectivity index (χ0) is 15.2. The number of carbonyl (C=O) groups is 1. The second-order valence-electron chi connectivity index (χ2n) is 4.89. The van der Waals surface area contributed by atoms with Crippen molar-refractivity contribution in [1.29, 1.82) is 0 Å². The van der Waals surface area contributed by atoms with Gasteiger partial charge in [-0.2, -0.15) is 0 Å². The van der Waals surface area contributed by atoms with Crippen LogP contribution in [0.5, 0.6) is 5.88 Å². The van der Waals surface area contributed by atoms with Crippen LogP contribution in [-0.4, -0.2) is 36.9 Å². The Morgan fingerprint density at radius 1 is 1.45 bits per heavy atom. The predicted molar refractivity (Wildman–Crippen MR) is 75.8 cm³/mol. The average molecular weight is 282 g/mol. The van der Waals surface area contributed by atoms with Gasteiger partial charge in [0.25, 0.3) is 0 Å². The first-order valence-corrected chi connectivity index (χ1v) is 6.50. The first-order chi connectivity index (χ1) is 9.39. The van der Waals surface area contributed by atoms with Crippen molar-refractivity contribution in [1.82, 2.24) is 4.98 Å². The van der Waals surface area contributed by atoms with E-state index >= 15 is 0 Å². The zero-order valence-corrected chi connectivity index (χ0v) is 12.4. The van der Waals surface area contributed by atoms with Gasteiger partial charge in [0, 0.05) is 19.6 Å². The third kappa shape index (κ3) is 4.70. The maximum atomic E-state index is 11.7. The number of esters is 1. The minimum absolute atomic E-state index is 0.266. The Morgan fingerprint density at radius 3 is 2.75 bits per heavy atom. The van der Waals surface area contributed by atoms with Gasteiger partial charge in [-0.3, -0.25) is 0 Å². The molecule has 0 aliphatic rings. The van der Waals surface area contributed by atoms with Gasteiger partial charge in [-0.15, -0.1) is 0 Å². The van der Waals surface area contributed by atoms with E-state index in [4.69, 9.17) is 19.9 Å².